The summed E-state index contributed by atoms with van der Waals surface area (Å²) in [5.41, 5.74) is 0.244. The molecule has 8 heteroatoms. The van der Waals surface area contributed by atoms with Crippen molar-refractivity contribution < 1.29 is 29.0 Å². The minimum Gasteiger partial charge on any atom is -0.497 e. The van der Waals surface area contributed by atoms with Gasteiger partial charge in [0.1, 0.15) is 17.5 Å². The van der Waals surface area contributed by atoms with Crippen LogP contribution in [0.15, 0.2) is 18.2 Å². The van der Waals surface area contributed by atoms with Gasteiger partial charge in [0.25, 0.3) is 5.91 Å². The molecule has 0 heterocycles. The van der Waals surface area contributed by atoms with Crippen molar-refractivity contribution >= 4 is 17.8 Å². The molecule has 0 aliphatic carbocycles. The van der Waals surface area contributed by atoms with Gasteiger partial charge in [-0.05, 0) is 24.5 Å². The van der Waals surface area contributed by atoms with Crippen molar-refractivity contribution in [2.45, 2.75) is 26.3 Å². The van der Waals surface area contributed by atoms with Crippen LogP contribution in [0.4, 0.5) is 0 Å². The van der Waals surface area contributed by atoms with Gasteiger partial charge in [-0.15, -0.1) is 0 Å². The monoisotopic (exact) mass is 352 g/mol. The Bertz CT molecular complexity index is 630. The smallest absolute Gasteiger partial charge is 0.326 e. The third kappa shape index (κ3) is 6.33. The van der Waals surface area contributed by atoms with Crippen molar-refractivity contribution in [2.24, 2.45) is 5.92 Å². The molecule has 8 nitrogen and oxygen atoms in total. The van der Waals surface area contributed by atoms with Crippen LogP contribution in [-0.2, 0) is 9.59 Å². The van der Waals surface area contributed by atoms with Crippen LogP contribution in [0, 0.1) is 5.92 Å². The summed E-state index contributed by atoms with van der Waals surface area (Å²) in [6.07, 6.45) is 0.307. The average Bonchev–Trinajstić information content (AvgIpc) is 2.57. The summed E-state index contributed by atoms with van der Waals surface area (Å²) in [5, 5.41) is 14.0. The normalized spacial score (nSPS) is 11.6. The summed E-state index contributed by atoms with van der Waals surface area (Å²) in [7, 11) is 2.91. The van der Waals surface area contributed by atoms with E-state index in [1.165, 1.54) is 20.3 Å². The fourth-order valence-electron chi connectivity index (χ4n) is 2.18. The molecule has 0 unspecified atom stereocenters. The lowest BCUT2D eigenvalue weighted by molar-refractivity contribution is -0.142. The van der Waals surface area contributed by atoms with Gasteiger partial charge in [-0.1, -0.05) is 13.8 Å². The zero-order chi connectivity index (χ0) is 19.0. The van der Waals surface area contributed by atoms with Crippen molar-refractivity contribution in [2.75, 3.05) is 20.8 Å². The summed E-state index contributed by atoms with van der Waals surface area (Å²) in [4.78, 5) is 35.2. The molecule has 0 fully saturated rings. The third-order valence-electron chi connectivity index (χ3n) is 3.40. The van der Waals surface area contributed by atoms with E-state index < -0.39 is 23.8 Å². The Labute approximate surface area is 146 Å². The molecule has 0 aliphatic rings. The highest BCUT2D eigenvalue weighted by Crippen LogP contribution is 2.24. The zero-order valence-electron chi connectivity index (χ0n) is 14.8. The molecule has 1 rings (SSSR count). The molecule has 0 bridgehead atoms. The highest BCUT2D eigenvalue weighted by molar-refractivity contribution is 5.99. The number of hydrogen-bond donors (Lipinski definition) is 3. The number of rotatable bonds is 9. The van der Waals surface area contributed by atoms with E-state index in [9.17, 15) is 14.4 Å². The van der Waals surface area contributed by atoms with Gasteiger partial charge < -0.3 is 25.2 Å². The molecule has 0 aromatic heterocycles. The predicted octanol–water partition coefficient (Wildman–Crippen LogP) is 1.05. The molecule has 1 aromatic rings. The summed E-state index contributed by atoms with van der Waals surface area (Å²) < 4.78 is 10.2. The first kappa shape index (κ1) is 20.3. The molecule has 138 valence electrons. The highest BCUT2D eigenvalue weighted by Gasteiger charge is 2.21. The molecule has 2 amide bonds. The van der Waals surface area contributed by atoms with E-state index in [1.807, 2.05) is 13.8 Å². The van der Waals surface area contributed by atoms with E-state index in [2.05, 4.69) is 10.6 Å². The Morgan fingerprint density at radius 2 is 1.84 bits per heavy atom. The molecule has 3 N–H and O–H groups in total. The van der Waals surface area contributed by atoms with E-state index in [0.717, 1.165) is 0 Å². The van der Waals surface area contributed by atoms with E-state index >= 15 is 0 Å². The molecular formula is C17H24N2O6. The van der Waals surface area contributed by atoms with Crippen LogP contribution in [0.1, 0.15) is 30.6 Å². The Kier molecular flexibility index (Phi) is 7.71. The molecular weight excluding hydrogens is 328 g/mol. The summed E-state index contributed by atoms with van der Waals surface area (Å²) in [5.74, 6) is -1.24. The number of methoxy groups -OCH3 is 2. The minimum atomic E-state index is -1.11. The summed E-state index contributed by atoms with van der Waals surface area (Å²) >= 11 is 0. The number of carbonyl (C=O) groups excluding carboxylic acids is 2. The Morgan fingerprint density at radius 1 is 1.16 bits per heavy atom. The standard InChI is InChI=1S/C17H24N2O6/c1-10(2)7-13(17(22)23)19-15(20)9-18-16(21)12-6-5-11(24-3)8-14(12)25-4/h5-6,8,10,13H,7,9H2,1-4H3,(H,18,21)(H,19,20)(H,22,23)/t13-/m0/s1. The first-order valence-electron chi connectivity index (χ1n) is 7.80. The van der Waals surface area contributed by atoms with Crippen LogP contribution >= 0.6 is 0 Å². The van der Waals surface area contributed by atoms with E-state index in [1.54, 1.807) is 12.1 Å². The van der Waals surface area contributed by atoms with E-state index in [-0.39, 0.29) is 18.0 Å². The van der Waals surface area contributed by atoms with Crippen molar-refractivity contribution in [3.05, 3.63) is 23.8 Å². The van der Waals surface area contributed by atoms with Crippen LogP contribution in [0.2, 0.25) is 0 Å². The lowest BCUT2D eigenvalue weighted by Crippen LogP contribution is -2.46. The fraction of sp³-hybridized carbons (Fsp3) is 0.471. The number of hydrogen-bond acceptors (Lipinski definition) is 5. The quantitative estimate of drug-likeness (QED) is 0.612. The number of amides is 2. The molecule has 0 aliphatic heterocycles. The van der Waals surface area contributed by atoms with Gasteiger partial charge in [-0.2, -0.15) is 0 Å². The van der Waals surface area contributed by atoms with Crippen molar-refractivity contribution in [1.29, 1.82) is 0 Å². The summed E-state index contributed by atoms with van der Waals surface area (Å²) in [6, 6.07) is 3.68. The second-order valence-corrected chi connectivity index (χ2v) is 5.84. The van der Waals surface area contributed by atoms with Crippen LogP contribution < -0.4 is 20.1 Å². The maximum Gasteiger partial charge on any atom is 0.326 e. The van der Waals surface area contributed by atoms with Gasteiger partial charge in [0, 0.05) is 6.07 Å². The molecule has 1 aromatic carbocycles. The van der Waals surface area contributed by atoms with Crippen LogP contribution in [-0.4, -0.2) is 49.7 Å². The number of carboxylic acid groups (broad SMARTS) is 1. The molecule has 0 saturated heterocycles. The first-order chi connectivity index (χ1) is 11.8. The van der Waals surface area contributed by atoms with Gasteiger partial charge in [0.15, 0.2) is 0 Å². The van der Waals surface area contributed by atoms with E-state index in [0.29, 0.717) is 17.9 Å². The van der Waals surface area contributed by atoms with Gasteiger partial charge in [-0.25, -0.2) is 4.79 Å². The second-order valence-electron chi connectivity index (χ2n) is 5.84. The van der Waals surface area contributed by atoms with Gasteiger partial charge in [-0.3, -0.25) is 9.59 Å². The van der Waals surface area contributed by atoms with Crippen LogP contribution in [0.5, 0.6) is 11.5 Å². The maximum absolute atomic E-state index is 12.2. The number of ether oxygens (including phenoxy) is 2. The average molecular weight is 352 g/mol. The Morgan fingerprint density at radius 3 is 2.36 bits per heavy atom. The second kappa shape index (κ2) is 9.51. The minimum absolute atomic E-state index is 0.111. The predicted molar refractivity (Wildman–Crippen MR) is 90.9 cm³/mol. The largest absolute Gasteiger partial charge is 0.497 e. The lowest BCUT2D eigenvalue weighted by atomic mass is 10.0. The van der Waals surface area contributed by atoms with Crippen LogP contribution in [0.25, 0.3) is 0 Å². The van der Waals surface area contributed by atoms with Crippen molar-refractivity contribution in [1.82, 2.24) is 10.6 Å². The Balaban J connectivity index is 2.66. The maximum atomic E-state index is 12.2. The van der Waals surface area contributed by atoms with Gasteiger partial charge >= 0.3 is 5.97 Å². The van der Waals surface area contributed by atoms with Gasteiger partial charge in [0.2, 0.25) is 5.91 Å². The van der Waals surface area contributed by atoms with Gasteiger partial charge in [0.05, 0.1) is 26.3 Å². The molecule has 0 saturated carbocycles. The molecule has 1 atom stereocenters. The fourth-order valence-corrected chi connectivity index (χ4v) is 2.18. The number of carbonyl (C=O) groups is 3. The third-order valence-corrected chi connectivity index (χ3v) is 3.40. The van der Waals surface area contributed by atoms with Crippen LogP contribution in [0.3, 0.4) is 0 Å². The number of benzene rings is 1. The number of carboxylic acids is 1. The first-order valence-corrected chi connectivity index (χ1v) is 7.80. The Hall–Kier alpha value is -2.77. The number of aliphatic carboxylic acids is 1. The topological polar surface area (TPSA) is 114 Å². The van der Waals surface area contributed by atoms with Crippen molar-refractivity contribution in [3.8, 4) is 11.5 Å². The number of nitrogens with one attached hydrogen (secondary N) is 2. The SMILES string of the molecule is COc1ccc(C(=O)NCC(=O)N[C@@H](CC(C)C)C(=O)O)c(OC)c1. The highest BCUT2D eigenvalue weighted by atomic mass is 16.5. The zero-order valence-corrected chi connectivity index (χ0v) is 14.8. The molecule has 25 heavy (non-hydrogen) atoms. The molecule has 0 radical (unpaired) electrons. The van der Waals surface area contributed by atoms with Crippen molar-refractivity contribution in [3.63, 3.8) is 0 Å². The lowest BCUT2D eigenvalue weighted by Gasteiger charge is -2.17. The molecule has 0 spiro atoms. The van der Waals surface area contributed by atoms with E-state index in [4.69, 9.17) is 14.6 Å². The summed E-state index contributed by atoms with van der Waals surface area (Å²) in [6.45, 7) is 3.38.